The third kappa shape index (κ3) is 2.67. The van der Waals surface area contributed by atoms with E-state index in [1.165, 1.54) is 0 Å². The van der Waals surface area contributed by atoms with Crippen LogP contribution in [0.3, 0.4) is 0 Å². The summed E-state index contributed by atoms with van der Waals surface area (Å²) in [5, 5.41) is 0. The first-order chi connectivity index (χ1) is 9.76. The molecule has 0 aliphatic heterocycles. The maximum absolute atomic E-state index is 5.38. The molecule has 0 aromatic heterocycles. The summed E-state index contributed by atoms with van der Waals surface area (Å²) in [7, 11) is 7.68. The van der Waals surface area contributed by atoms with Crippen molar-refractivity contribution in [2.75, 3.05) is 14.2 Å². The van der Waals surface area contributed by atoms with Crippen molar-refractivity contribution in [3.63, 3.8) is 0 Å². The van der Waals surface area contributed by atoms with Gasteiger partial charge >= 0.3 is 0 Å². The van der Waals surface area contributed by atoms with Gasteiger partial charge in [-0.1, -0.05) is 24.3 Å². The van der Waals surface area contributed by atoms with Crippen LogP contribution < -0.4 is 18.5 Å². The molecule has 0 amide bonds. The lowest BCUT2D eigenvalue weighted by molar-refractivity contribution is 0.398. The minimum atomic E-state index is 0.622. The molecule has 4 nitrogen and oxygen atoms in total. The van der Waals surface area contributed by atoms with E-state index < -0.39 is 0 Å². The molecule has 20 heavy (non-hydrogen) atoms. The van der Waals surface area contributed by atoms with Crippen LogP contribution in [0.25, 0.3) is 11.1 Å². The van der Waals surface area contributed by atoms with Gasteiger partial charge in [-0.05, 0) is 12.1 Å². The largest absolute Gasteiger partial charge is 0.493 e. The van der Waals surface area contributed by atoms with Crippen LogP contribution in [0.1, 0.15) is 0 Å². The second-order valence-electron chi connectivity index (χ2n) is 3.91. The number of rotatable bonds is 5. The molecule has 2 atom stereocenters. The Kier molecular flexibility index (Phi) is 5.05. The van der Waals surface area contributed by atoms with E-state index in [4.69, 9.17) is 18.5 Å². The van der Waals surface area contributed by atoms with Gasteiger partial charge in [-0.3, -0.25) is 0 Å². The van der Waals surface area contributed by atoms with Gasteiger partial charge < -0.3 is 18.5 Å². The van der Waals surface area contributed by atoms with Crippen LogP contribution in [0.4, 0.5) is 0 Å². The number of hydrogen-bond donors (Lipinski definition) is 0. The lowest BCUT2D eigenvalue weighted by atomic mass is 10.0. The van der Waals surface area contributed by atoms with Gasteiger partial charge in [-0.15, -0.1) is 0 Å². The third-order valence-corrected chi connectivity index (χ3v) is 3.39. The van der Waals surface area contributed by atoms with Crippen molar-refractivity contribution in [3.8, 4) is 34.1 Å². The molecule has 6 heteroatoms. The van der Waals surface area contributed by atoms with Gasteiger partial charge in [-0.25, -0.2) is 0 Å². The van der Waals surface area contributed by atoms with E-state index in [0.717, 1.165) is 11.1 Å². The average Bonchev–Trinajstić information content (AvgIpc) is 2.52. The minimum absolute atomic E-state index is 0.622. The molecule has 0 bridgehead atoms. The van der Waals surface area contributed by atoms with E-state index >= 15 is 0 Å². The highest BCUT2D eigenvalue weighted by Gasteiger charge is 2.17. The number of hydrogen-bond acceptors (Lipinski definition) is 4. The average molecular weight is 310 g/mol. The SMILES string of the molecule is COc1cccc(-c2cccc(OC)c2OP)c1OP. The van der Waals surface area contributed by atoms with Crippen molar-refractivity contribution in [1.82, 2.24) is 0 Å². The second-order valence-corrected chi connectivity index (χ2v) is 4.38. The lowest BCUT2D eigenvalue weighted by Crippen LogP contribution is -1.93. The van der Waals surface area contributed by atoms with Gasteiger partial charge in [0.25, 0.3) is 0 Å². The van der Waals surface area contributed by atoms with Crippen LogP contribution in [0.15, 0.2) is 36.4 Å². The van der Waals surface area contributed by atoms with Gasteiger partial charge in [0.2, 0.25) is 0 Å². The van der Waals surface area contributed by atoms with Crippen LogP contribution >= 0.6 is 18.9 Å². The van der Waals surface area contributed by atoms with Crippen LogP contribution in [0, 0.1) is 0 Å². The van der Waals surface area contributed by atoms with E-state index in [1.54, 1.807) is 14.2 Å². The first kappa shape index (κ1) is 14.9. The Morgan fingerprint density at radius 1 is 0.700 bits per heavy atom. The van der Waals surface area contributed by atoms with Crippen molar-refractivity contribution in [2.24, 2.45) is 0 Å². The van der Waals surface area contributed by atoms with E-state index in [9.17, 15) is 0 Å². The smallest absolute Gasteiger partial charge is 0.172 e. The zero-order chi connectivity index (χ0) is 14.5. The number of benzene rings is 2. The molecule has 2 rings (SSSR count). The summed E-state index contributed by atoms with van der Waals surface area (Å²) in [6.07, 6.45) is 0. The zero-order valence-corrected chi connectivity index (χ0v) is 13.6. The van der Waals surface area contributed by atoms with Crippen LogP contribution in [-0.2, 0) is 0 Å². The predicted octanol–water partition coefficient (Wildman–Crippen LogP) is 3.71. The van der Waals surface area contributed by atoms with E-state index in [2.05, 4.69) is 18.9 Å². The summed E-state index contributed by atoms with van der Waals surface area (Å²) < 4.78 is 21.4. The quantitative estimate of drug-likeness (QED) is 0.789. The van der Waals surface area contributed by atoms with Gasteiger partial charge in [0.1, 0.15) is 0 Å². The monoisotopic (exact) mass is 310 g/mol. The number of methoxy groups -OCH3 is 2. The highest BCUT2D eigenvalue weighted by molar-refractivity contribution is 7.10. The van der Waals surface area contributed by atoms with E-state index in [-0.39, 0.29) is 0 Å². The van der Waals surface area contributed by atoms with Gasteiger partial charge in [0.15, 0.2) is 23.0 Å². The lowest BCUT2D eigenvalue weighted by Gasteiger charge is -2.16. The molecule has 0 heterocycles. The fraction of sp³-hybridized carbons (Fsp3) is 0.143. The van der Waals surface area contributed by atoms with Crippen molar-refractivity contribution in [2.45, 2.75) is 0 Å². The first-order valence-corrected chi connectivity index (χ1v) is 6.79. The Balaban J connectivity index is 2.68. The summed E-state index contributed by atoms with van der Waals surface area (Å²) in [5.74, 6) is 2.54. The molecule has 0 saturated carbocycles. The Labute approximate surface area is 123 Å². The first-order valence-electron chi connectivity index (χ1n) is 5.84. The van der Waals surface area contributed by atoms with Crippen molar-refractivity contribution < 1.29 is 18.5 Å². The van der Waals surface area contributed by atoms with Crippen LogP contribution in [0.5, 0.6) is 23.0 Å². The fourth-order valence-electron chi connectivity index (χ4n) is 2.02. The maximum atomic E-state index is 5.38. The molecule has 0 N–H and O–H groups in total. The molecule has 0 aliphatic carbocycles. The summed E-state index contributed by atoms with van der Waals surface area (Å²) in [6, 6.07) is 11.3. The second kappa shape index (κ2) is 6.78. The Morgan fingerprint density at radius 2 is 1.10 bits per heavy atom. The van der Waals surface area contributed by atoms with Gasteiger partial charge in [0.05, 0.1) is 33.2 Å². The molecule has 106 valence electrons. The molecule has 0 radical (unpaired) electrons. The third-order valence-electron chi connectivity index (χ3n) is 2.92. The normalized spacial score (nSPS) is 10.0. The van der Waals surface area contributed by atoms with E-state index in [0.29, 0.717) is 23.0 Å². The fourth-order valence-corrected chi connectivity index (χ4v) is 2.51. The predicted molar refractivity (Wildman–Crippen MR) is 85.7 cm³/mol. The molecule has 2 aromatic carbocycles. The molecule has 0 saturated heterocycles. The summed E-state index contributed by atoms with van der Waals surface area (Å²) in [6.45, 7) is 0. The molecular formula is C14H16O4P2. The summed E-state index contributed by atoms with van der Waals surface area (Å²) in [4.78, 5) is 0. The molecular weight excluding hydrogens is 294 g/mol. The highest BCUT2D eigenvalue weighted by atomic mass is 31.0. The van der Waals surface area contributed by atoms with Gasteiger partial charge in [-0.2, -0.15) is 0 Å². The van der Waals surface area contributed by atoms with Crippen LogP contribution in [0.2, 0.25) is 0 Å². The number of para-hydroxylation sites is 2. The molecule has 2 aromatic rings. The highest BCUT2D eigenvalue weighted by Crippen LogP contribution is 2.46. The standard InChI is InChI=1S/C14H16O4P2/c1-15-11-7-3-5-9(13(11)17-19)10-6-4-8-12(16-2)14(10)18-20/h3-8H,19-20H2,1-2H3. The topological polar surface area (TPSA) is 36.9 Å². The van der Waals surface area contributed by atoms with Crippen molar-refractivity contribution in [1.29, 1.82) is 0 Å². The van der Waals surface area contributed by atoms with Crippen LogP contribution in [-0.4, -0.2) is 14.2 Å². The van der Waals surface area contributed by atoms with E-state index in [1.807, 2.05) is 36.4 Å². The Bertz CT molecular complexity index is 548. The molecule has 0 fully saturated rings. The van der Waals surface area contributed by atoms with Gasteiger partial charge in [0, 0.05) is 11.1 Å². The zero-order valence-electron chi connectivity index (χ0n) is 11.3. The number of ether oxygens (including phenoxy) is 2. The Morgan fingerprint density at radius 3 is 1.40 bits per heavy atom. The summed E-state index contributed by atoms with van der Waals surface area (Å²) in [5.41, 5.74) is 1.71. The molecule has 2 unspecified atom stereocenters. The molecule has 0 spiro atoms. The Hall–Kier alpha value is -1.50. The summed E-state index contributed by atoms with van der Waals surface area (Å²) >= 11 is 0. The maximum Gasteiger partial charge on any atom is 0.172 e. The van der Waals surface area contributed by atoms with Crippen molar-refractivity contribution in [3.05, 3.63) is 36.4 Å². The van der Waals surface area contributed by atoms with Crippen molar-refractivity contribution >= 4 is 18.9 Å². The molecule has 0 aliphatic rings. The minimum Gasteiger partial charge on any atom is -0.493 e.